The van der Waals surface area contributed by atoms with E-state index in [1.165, 1.54) is 42.2 Å². The molecule has 0 unspecified atom stereocenters. The first-order chi connectivity index (χ1) is 12.8. The number of benzene rings is 4. The minimum absolute atomic E-state index is 1.20. The monoisotopic (exact) mass is 445 g/mol. The molecule has 0 amide bonds. The highest BCUT2D eigenvalue weighted by molar-refractivity contribution is 14.1. The number of halogens is 1. The van der Waals surface area contributed by atoms with Crippen molar-refractivity contribution in [1.82, 2.24) is 4.57 Å². The van der Waals surface area contributed by atoms with Crippen LogP contribution in [0, 0.1) is 3.57 Å². The van der Waals surface area contributed by atoms with E-state index < -0.39 is 0 Å². The molecule has 124 valence electrons. The van der Waals surface area contributed by atoms with E-state index in [0.29, 0.717) is 0 Å². The van der Waals surface area contributed by atoms with Gasteiger partial charge in [-0.05, 0) is 76.2 Å². The molecule has 0 saturated carbocycles. The smallest absolute Gasteiger partial charge is 0.0541 e. The Morgan fingerprint density at radius 1 is 0.538 bits per heavy atom. The average Bonchev–Trinajstić information content (AvgIpc) is 3.02. The number of para-hydroxylation sites is 2. The van der Waals surface area contributed by atoms with Crippen LogP contribution in [0.5, 0.6) is 0 Å². The summed E-state index contributed by atoms with van der Waals surface area (Å²) in [5.74, 6) is 0. The van der Waals surface area contributed by atoms with Gasteiger partial charge in [0.2, 0.25) is 0 Å². The number of fused-ring (bicyclic) bond motifs is 3. The van der Waals surface area contributed by atoms with Gasteiger partial charge < -0.3 is 4.57 Å². The van der Waals surface area contributed by atoms with Crippen LogP contribution in [-0.4, -0.2) is 4.57 Å². The van der Waals surface area contributed by atoms with Crippen LogP contribution >= 0.6 is 22.6 Å². The molecule has 5 rings (SSSR count). The Kier molecular flexibility index (Phi) is 3.79. The van der Waals surface area contributed by atoms with Gasteiger partial charge in [0.15, 0.2) is 0 Å². The molecule has 2 heteroatoms. The van der Waals surface area contributed by atoms with Crippen molar-refractivity contribution in [1.29, 1.82) is 0 Å². The number of nitrogens with zero attached hydrogens (tertiary/aromatic N) is 1. The second kappa shape index (κ2) is 6.29. The van der Waals surface area contributed by atoms with Gasteiger partial charge >= 0.3 is 0 Å². The van der Waals surface area contributed by atoms with Crippen LogP contribution in [0.15, 0.2) is 97.1 Å². The summed E-state index contributed by atoms with van der Waals surface area (Å²) in [5, 5.41) is 2.58. The molecule has 0 N–H and O–H groups in total. The molecule has 0 aliphatic rings. The van der Waals surface area contributed by atoms with Crippen LogP contribution in [0.2, 0.25) is 0 Å². The summed E-state index contributed by atoms with van der Waals surface area (Å²) in [5.41, 5.74) is 6.20. The Bertz CT molecular complexity index is 1240. The third-order valence-electron chi connectivity index (χ3n) is 4.84. The Hall–Kier alpha value is -2.59. The summed E-state index contributed by atoms with van der Waals surface area (Å²) in [4.78, 5) is 0. The minimum atomic E-state index is 1.20. The van der Waals surface area contributed by atoms with Gasteiger partial charge in [-0.3, -0.25) is 0 Å². The Morgan fingerprint density at radius 3 is 2.12 bits per heavy atom. The Labute approximate surface area is 166 Å². The SMILES string of the molecule is Ic1cccc(-c2ccc3c(c2)c2ccccc2n3-c2ccccc2)c1. The zero-order valence-electron chi connectivity index (χ0n) is 14.1. The van der Waals surface area contributed by atoms with Crippen LogP contribution in [0.1, 0.15) is 0 Å². The summed E-state index contributed by atoms with van der Waals surface area (Å²) in [6, 6.07) is 34.7. The van der Waals surface area contributed by atoms with Crippen molar-refractivity contribution in [3.05, 3.63) is 101 Å². The van der Waals surface area contributed by atoms with Gasteiger partial charge in [-0.2, -0.15) is 0 Å². The van der Waals surface area contributed by atoms with Crippen molar-refractivity contribution >= 4 is 44.4 Å². The first-order valence-corrected chi connectivity index (χ1v) is 9.74. The van der Waals surface area contributed by atoms with Crippen molar-refractivity contribution in [3.63, 3.8) is 0 Å². The van der Waals surface area contributed by atoms with Gasteiger partial charge in [0, 0.05) is 20.0 Å². The third-order valence-corrected chi connectivity index (χ3v) is 5.52. The maximum Gasteiger partial charge on any atom is 0.0541 e. The highest BCUT2D eigenvalue weighted by Gasteiger charge is 2.12. The first kappa shape index (κ1) is 15.6. The normalized spacial score (nSPS) is 11.3. The molecule has 0 aliphatic carbocycles. The summed E-state index contributed by atoms with van der Waals surface area (Å²) >= 11 is 2.37. The standard InChI is InChI=1S/C24H16IN/c25-19-8-6-7-17(15-19)18-13-14-24-22(16-18)21-11-4-5-12-23(21)26(24)20-9-2-1-3-10-20/h1-16H. The fourth-order valence-corrected chi connectivity index (χ4v) is 4.22. The molecule has 1 aromatic heterocycles. The molecule has 4 aromatic carbocycles. The molecule has 0 bridgehead atoms. The van der Waals surface area contributed by atoms with Crippen molar-refractivity contribution in [3.8, 4) is 16.8 Å². The van der Waals surface area contributed by atoms with E-state index in [-0.39, 0.29) is 0 Å². The van der Waals surface area contributed by atoms with E-state index in [9.17, 15) is 0 Å². The molecule has 0 radical (unpaired) electrons. The Morgan fingerprint density at radius 2 is 1.27 bits per heavy atom. The van der Waals surface area contributed by atoms with Gasteiger partial charge in [-0.1, -0.05) is 54.6 Å². The maximum absolute atomic E-state index is 2.37. The largest absolute Gasteiger partial charge is 0.309 e. The topological polar surface area (TPSA) is 4.93 Å². The highest BCUT2D eigenvalue weighted by Crippen LogP contribution is 2.34. The van der Waals surface area contributed by atoms with Crippen molar-refractivity contribution < 1.29 is 0 Å². The molecule has 0 spiro atoms. The predicted octanol–water partition coefficient (Wildman–Crippen LogP) is 7.06. The lowest BCUT2D eigenvalue weighted by atomic mass is 10.0. The van der Waals surface area contributed by atoms with Gasteiger partial charge in [0.1, 0.15) is 0 Å². The number of aromatic nitrogens is 1. The van der Waals surface area contributed by atoms with Gasteiger partial charge in [-0.25, -0.2) is 0 Å². The van der Waals surface area contributed by atoms with Crippen molar-refractivity contribution in [2.24, 2.45) is 0 Å². The maximum atomic E-state index is 2.37. The molecule has 0 saturated heterocycles. The van der Waals surface area contributed by atoms with Gasteiger partial charge in [0.25, 0.3) is 0 Å². The average molecular weight is 445 g/mol. The lowest BCUT2D eigenvalue weighted by molar-refractivity contribution is 1.18. The fourth-order valence-electron chi connectivity index (χ4n) is 3.68. The molecule has 0 atom stereocenters. The number of hydrogen-bond donors (Lipinski definition) is 0. The van der Waals surface area contributed by atoms with Crippen LogP contribution < -0.4 is 0 Å². The van der Waals surface area contributed by atoms with Crippen molar-refractivity contribution in [2.45, 2.75) is 0 Å². The number of hydrogen-bond acceptors (Lipinski definition) is 0. The summed E-state index contributed by atoms with van der Waals surface area (Å²) < 4.78 is 3.61. The lowest BCUT2D eigenvalue weighted by Gasteiger charge is -2.08. The predicted molar refractivity (Wildman–Crippen MR) is 119 cm³/mol. The van der Waals surface area contributed by atoms with E-state index in [1.54, 1.807) is 0 Å². The summed E-state index contributed by atoms with van der Waals surface area (Å²) in [7, 11) is 0. The Balaban J connectivity index is 1.84. The molecule has 0 aliphatic heterocycles. The molecule has 26 heavy (non-hydrogen) atoms. The van der Waals surface area contributed by atoms with E-state index in [0.717, 1.165) is 0 Å². The van der Waals surface area contributed by atoms with Crippen LogP contribution in [0.25, 0.3) is 38.6 Å². The molecular weight excluding hydrogens is 429 g/mol. The van der Waals surface area contributed by atoms with Crippen LogP contribution in [-0.2, 0) is 0 Å². The first-order valence-electron chi connectivity index (χ1n) is 8.66. The van der Waals surface area contributed by atoms with Crippen molar-refractivity contribution in [2.75, 3.05) is 0 Å². The summed E-state index contributed by atoms with van der Waals surface area (Å²) in [6.45, 7) is 0. The number of rotatable bonds is 2. The summed E-state index contributed by atoms with van der Waals surface area (Å²) in [6.07, 6.45) is 0. The van der Waals surface area contributed by atoms with E-state index in [2.05, 4.69) is 124 Å². The minimum Gasteiger partial charge on any atom is -0.309 e. The lowest BCUT2D eigenvalue weighted by Crippen LogP contribution is -1.92. The molecule has 5 aromatic rings. The van der Waals surface area contributed by atoms with Crippen LogP contribution in [0.3, 0.4) is 0 Å². The van der Waals surface area contributed by atoms with Gasteiger partial charge in [-0.15, -0.1) is 0 Å². The van der Waals surface area contributed by atoms with Crippen LogP contribution in [0.4, 0.5) is 0 Å². The van der Waals surface area contributed by atoms with E-state index in [4.69, 9.17) is 0 Å². The molecule has 1 nitrogen and oxygen atoms in total. The second-order valence-corrected chi connectivity index (χ2v) is 7.68. The van der Waals surface area contributed by atoms with E-state index >= 15 is 0 Å². The third kappa shape index (κ3) is 2.53. The molecular formula is C24H16IN. The molecule has 1 heterocycles. The molecule has 0 fully saturated rings. The van der Waals surface area contributed by atoms with E-state index in [1.807, 2.05) is 0 Å². The van der Waals surface area contributed by atoms with Gasteiger partial charge in [0.05, 0.1) is 11.0 Å². The highest BCUT2D eigenvalue weighted by atomic mass is 127. The quantitative estimate of drug-likeness (QED) is 0.257. The second-order valence-electron chi connectivity index (χ2n) is 6.43. The zero-order chi connectivity index (χ0) is 17.5. The fraction of sp³-hybridized carbons (Fsp3) is 0. The zero-order valence-corrected chi connectivity index (χ0v) is 16.2.